The number of hydrogen-bond acceptors (Lipinski definition) is 8. The fourth-order valence-corrected chi connectivity index (χ4v) is 1.79. The number of carbonyl (C=O) groups is 4. The van der Waals surface area contributed by atoms with E-state index in [4.69, 9.17) is 0 Å². The van der Waals surface area contributed by atoms with Crippen LogP contribution in [0.2, 0.25) is 0 Å². The van der Waals surface area contributed by atoms with E-state index in [9.17, 15) is 19.2 Å². The summed E-state index contributed by atoms with van der Waals surface area (Å²) < 4.78 is 9.03. The molecule has 2 aromatic heterocycles. The first kappa shape index (κ1) is 17.7. The van der Waals surface area contributed by atoms with Crippen LogP contribution in [0.15, 0.2) is 36.4 Å². The molecule has 0 saturated carbocycles. The Balaban J connectivity index is 2.17. The van der Waals surface area contributed by atoms with Crippen molar-refractivity contribution >= 4 is 23.8 Å². The van der Waals surface area contributed by atoms with Crippen molar-refractivity contribution in [2.75, 3.05) is 14.2 Å². The van der Waals surface area contributed by atoms with Gasteiger partial charge in [0.2, 0.25) is 0 Å². The SMILES string of the molecule is COC(=O)c1cccc(C(=O)NC(=O)c2cccc(C(=O)OC)n2)n1. The van der Waals surface area contributed by atoms with Gasteiger partial charge in [-0.3, -0.25) is 14.9 Å². The van der Waals surface area contributed by atoms with Crippen LogP contribution < -0.4 is 5.32 Å². The maximum absolute atomic E-state index is 12.1. The van der Waals surface area contributed by atoms with E-state index in [1.807, 2.05) is 0 Å². The van der Waals surface area contributed by atoms with Crippen LogP contribution in [-0.2, 0) is 9.47 Å². The Morgan fingerprint density at radius 3 is 1.44 bits per heavy atom. The molecule has 25 heavy (non-hydrogen) atoms. The van der Waals surface area contributed by atoms with Crippen molar-refractivity contribution in [2.45, 2.75) is 0 Å². The van der Waals surface area contributed by atoms with Crippen molar-refractivity contribution in [3.8, 4) is 0 Å². The summed E-state index contributed by atoms with van der Waals surface area (Å²) in [5.74, 6) is -3.09. The zero-order valence-corrected chi connectivity index (χ0v) is 13.3. The molecule has 0 aliphatic rings. The molecule has 0 fully saturated rings. The third-order valence-electron chi connectivity index (χ3n) is 2.98. The van der Waals surface area contributed by atoms with Gasteiger partial charge in [-0.15, -0.1) is 0 Å². The number of rotatable bonds is 4. The topological polar surface area (TPSA) is 125 Å². The van der Waals surface area contributed by atoms with Gasteiger partial charge in [0.1, 0.15) is 22.8 Å². The molecule has 1 N–H and O–H groups in total. The van der Waals surface area contributed by atoms with Crippen LogP contribution in [0.1, 0.15) is 42.0 Å². The number of methoxy groups -OCH3 is 2. The molecule has 0 atom stereocenters. The smallest absolute Gasteiger partial charge is 0.356 e. The highest BCUT2D eigenvalue weighted by Gasteiger charge is 2.18. The second kappa shape index (κ2) is 7.77. The fraction of sp³-hybridized carbons (Fsp3) is 0.125. The predicted octanol–water partition coefficient (Wildman–Crippen LogP) is 0.620. The molecular weight excluding hydrogens is 330 g/mol. The fourth-order valence-electron chi connectivity index (χ4n) is 1.79. The average molecular weight is 343 g/mol. The molecule has 9 nitrogen and oxygen atoms in total. The molecule has 0 aromatic carbocycles. The van der Waals surface area contributed by atoms with E-state index in [0.717, 1.165) is 0 Å². The molecule has 0 aliphatic heterocycles. The van der Waals surface area contributed by atoms with E-state index in [1.54, 1.807) is 0 Å². The minimum Gasteiger partial charge on any atom is -0.464 e. The number of esters is 2. The average Bonchev–Trinajstić information content (AvgIpc) is 2.66. The van der Waals surface area contributed by atoms with E-state index < -0.39 is 23.8 Å². The largest absolute Gasteiger partial charge is 0.464 e. The summed E-state index contributed by atoms with van der Waals surface area (Å²) in [4.78, 5) is 54.7. The van der Waals surface area contributed by atoms with Crippen LogP contribution in [0.3, 0.4) is 0 Å². The zero-order chi connectivity index (χ0) is 18.4. The minimum absolute atomic E-state index is 0.0755. The first-order valence-electron chi connectivity index (χ1n) is 6.92. The number of carbonyl (C=O) groups excluding carboxylic acids is 4. The molecule has 2 rings (SSSR count). The molecule has 2 heterocycles. The van der Waals surface area contributed by atoms with Gasteiger partial charge in [0, 0.05) is 0 Å². The summed E-state index contributed by atoms with van der Waals surface area (Å²) in [7, 11) is 2.36. The van der Waals surface area contributed by atoms with Gasteiger partial charge in [0.05, 0.1) is 14.2 Å². The first-order chi connectivity index (χ1) is 12.0. The van der Waals surface area contributed by atoms with Crippen LogP contribution in [0.25, 0.3) is 0 Å². The summed E-state index contributed by atoms with van der Waals surface area (Å²) in [5.41, 5.74) is -0.456. The molecule has 9 heteroatoms. The van der Waals surface area contributed by atoms with Crippen molar-refractivity contribution in [1.29, 1.82) is 0 Å². The highest BCUT2D eigenvalue weighted by Crippen LogP contribution is 2.04. The highest BCUT2D eigenvalue weighted by molar-refractivity contribution is 6.09. The van der Waals surface area contributed by atoms with Crippen LogP contribution in [-0.4, -0.2) is 47.9 Å². The third kappa shape index (κ3) is 4.22. The van der Waals surface area contributed by atoms with Gasteiger partial charge in [0.25, 0.3) is 11.8 Å². The van der Waals surface area contributed by atoms with E-state index in [0.29, 0.717) is 0 Å². The first-order valence-corrected chi connectivity index (χ1v) is 6.92. The summed E-state index contributed by atoms with van der Waals surface area (Å²) in [6.07, 6.45) is 0. The number of ether oxygens (including phenoxy) is 2. The van der Waals surface area contributed by atoms with Crippen LogP contribution in [0.4, 0.5) is 0 Å². The Hall–Kier alpha value is -3.62. The third-order valence-corrected chi connectivity index (χ3v) is 2.98. The maximum Gasteiger partial charge on any atom is 0.356 e. The standard InChI is InChI=1S/C16H13N3O6/c1-24-15(22)11-7-3-5-9(17-11)13(20)19-14(21)10-6-4-8-12(18-10)16(23)25-2/h3-8H,1-2H3,(H,19,20,21). The molecule has 2 amide bonds. The summed E-state index contributed by atoms with van der Waals surface area (Å²) in [6, 6.07) is 8.24. The lowest BCUT2D eigenvalue weighted by Crippen LogP contribution is -2.32. The number of imide groups is 1. The number of aromatic nitrogens is 2. The quantitative estimate of drug-likeness (QED) is 0.633. The molecule has 0 unspecified atom stereocenters. The Kier molecular flexibility index (Phi) is 5.51. The number of hydrogen-bond donors (Lipinski definition) is 1. The van der Waals surface area contributed by atoms with Gasteiger partial charge in [-0.2, -0.15) is 0 Å². The van der Waals surface area contributed by atoms with Crippen molar-refractivity contribution < 1.29 is 28.7 Å². The Morgan fingerprint density at radius 1 is 0.720 bits per heavy atom. The van der Waals surface area contributed by atoms with Gasteiger partial charge in [-0.25, -0.2) is 19.6 Å². The van der Waals surface area contributed by atoms with Gasteiger partial charge in [0.15, 0.2) is 0 Å². The highest BCUT2D eigenvalue weighted by atomic mass is 16.5. The van der Waals surface area contributed by atoms with Crippen molar-refractivity contribution in [3.05, 3.63) is 59.2 Å². The molecule has 0 saturated heterocycles. The molecule has 0 spiro atoms. The van der Waals surface area contributed by atoms with E-state index in [1.165, 1.54) is 50.6 Å². The Morgan fingerprint density at radius 2 is 1.08 bits per heavy atom. The van der Waals surface area contributed by atoms with Gasteiger partial charge in [-0.05, 0) is 24.3 Å². The summed E-state index contributed by atoms with van der Waals surface area (Å²) >= 11 is 0. The van der Waals surface area contributed by atoms with Crippen molar-refractivity contribution in [2.24, 2.45) is 0 Å². The molecule has 128 valence electrons. The number of pyridine rings is 2. The monoisotopic (exact) mass is 343 g/mol. The normalized spacial score (nSPS) is 9.84. The molecule has 0 radical (unpaired) electrons. The minimum atomic E-state index is -0.832. The van der Waals surface area contributed by atoms with E-state index in [-0.39, 0.29) is 22.8 Å². The zero-order valence-electron chi connectivity index (χ0n) is 13.3. The maximum atomic E-state index is 12.1. The molecular formula is C16H13N3O6. The second-order valence-electron chi connectivity index (χ2n) is 4.58. The van der Waals surface area contributed by atoms with Crippen LogP contribution in [0, 0.1) is 0 Å². The molecule has 2 aromatic rings. The van der Waals surface area contributed by atoms with Crippen LogP contribution >= 0.6 is 0 Å². The van der Waals surface area contributed by atoms with Crippen LogP contribution in [0.5, 0.6) is 0 Å². The Labute approximate surface area is 142 Å². The second-order valence-corrected chi connectivity index (χ2v) is 4.58. The molecule has 0 bridgehead atoms. The van der Waals surface area contributed by atoms with E-state index >= 15 is 0 Å². The predicted molar refractivity (Wildman–Crippen MR) is 82.9 cm³/mol. The number of nitrogens with zero attached hydrogens (tertiary/aromatic N) is 2. The lowest BCUT2D eigenvalue weighted by atomic mass is 10.2. The molecule has 0 aliphatic carbocycles. The Bertz CT molecular complexity index is 780. The number of amides is 2. The number of nitrogens with one attached hydrogen (secondary N) is 1. The van der Waals surface area contributed by atoms with Gasteiger partial charge < -0.3 is 9.47 Å². The summed E-state index contributed by atoms with van der Waals surface area (Å²) in [5, 5.41) is 2.07. The summed E-state index contributed by atoms with van der Waals surface area (Å²) in [6.45, 7) is 0. The lowest BCUT2D eigenvalue weighted by molar-refractivity contribution is 0.0585. The van der Waals surface area contributed by atoms with Crippen molar-refractivity contribution in [1.82, 2.24) is 15.3 Å². The van der Waals surface area contributed by atoms with E-state index in [2.05, 4.69) is 24.8 Å². The van der Waals surface area contributed by atoms with Gasteiger partial charge >= 0.3 is 11.9 Å². The van der Waals surface area contributed by atoms with Gasteiger partial charge in [-0.1, -0.05) is 12.1 Å². The van der Waals surface area contributed by atoms with Crippen molar-refractivity contribution in [3.63, 3.8) is 0 Å². The lowest BCUT2D eigenvalue weighted by Gasteiger charge is -2.05.